The molecule has 0 aliphatic rings. The fraction of sp³-hybridized carbons (Fsp3) is 0.278. The normalized spacial score (nSPS) is 11.1. The molecule has 3 N–H and O–H groups in total. The van der Waals surface area contributed by atoms with E-state index in [2.05, 4.69) is 22.3 Å². The maximum absolute atomic E-state index is 12.1. The summed E-state index contributed by atoms with van der Waals surface area (Å²) in [5, 5.41) is 16.6. The summed E-state index contributed by atoms with van der Waals surface area (Å²) in [7, 11) is -2.60. The minimum Gasteiger partial charge on any atom is -0.371 e. The van der Waals surface area contributed by atoms with Gasteiger partial charge in [-0.2, -0.15) is 0 Å². The topological polar surface area (TPSA) is 130 Å². The maximum atomic E-state index is 12.1. The van der Waals surface area contributed by atoms with E-state index in [0.717, 1.165) is 18.9 Å². The molecule has 9 nitrogen and oxygen atoms in total. The van der Waals surface area contributed by atoms with Gasteiger partial charge in [0.15, 0.2) is 0 Å². The van der Waals surface area contributed by atoms with Crippen LogP contribution >= 0.6 is 0 Å². The summed E-state index contributed by atoms with van der Waals surface area (Å²) in [6.07, 6.45) is 1.99. The van der Waals surface area contributed by atoms with Gasteiger partial charge in [0, 0.05) is 11.8 Å². The molecule has 0 saturated heterocycles. The van der Waals surface area contributed by atoms with Gasteiger partial charge >= 0.3 is 0 Å². The second-order valence-electron chi connectivity index (χ2n) is 5.99. The Bertz CT molecular complexity index is 958. The van der Waals surface area contributed by atoms with E-state index in [1.165, 1.54) is 24.7 Å². The lowest BCUT2D eigenvalue weighted by Gasteiger charge is -2.10. The Morgan fingerprint density at radius 1 is 1.14 bits per heavy atom. The Kier molecular flexibility index (Phi) is 7.07. The van der Waals surface area contributed by atoms with Crippen molar-refractivity contribution in [1.29, 1.82) is 0 Å². The Labute approximate surface area is 163 Å². The number of carbonyl (C=O) groups excluding carboxylic acids is 1. The first-order valence-electron chi connectivity index (χ1n) is 8.61. The summed E-state index contributed by atoms with van der Waals surface area (Å²) in [5.41, 5.74) is 1.41. The van der Waals surface area contributed by atoms with Crippen molar-refractivity contribution in [3.05, 3.63) is 58.1 Å². The first-order chi connectivity index (χ1) is 13.3. The minimum absolute atomic E-state index is 0.0495. The number of nitro benzene ring substituents is 1. The van der Waals surface area contributed by atoms with Crippen LogP contribution in [0.5, 0.6) is 0 Å². The predicted molar refractivity (Wildman–Crippen MR) is 107 cm³/mol. The van der Waals surface area contributed by atoms with Gasteiger partial charge in [0.2, 0.25) is 15.9 Å². The van der Waals surface area contributed by atoms with Crippen molar-refractivity contribution in [1.82, 2.24) is 4.72 Å². The first kappa shape index (κ1) is 21.3. The van der Waals surface area contributed by atoms with E-state index in [4.69, 9.17) is 0 Å². The van der Waals surface area contributed by atoms with Crippen LogP contribution in [0.3, 0.4) is 0 Å². The monoisotopic (exact) mass is 406 g/mol. The molecule has 0 fully saturated rings. The van der Waals surface area contributed by atoms with Gasteiger partial charge in [-0.3, -0.25) is 14.9 Å². The number of sulfonamides is 1. The Morgan fingerprint density at radius 2 is 1.82 bits per heavy atom. The Balaban J connectivity index is 2.06. The first-order valence-corrected chi connectivity index (χ1v) is 10.1. The number of hydrogen-bond donors (Lipinski definition) is 3. The SMILES string of the molecule is CCCc1ccc(NC(=O)CNc2ccc(S(=O)(=O)NC)cc2[N+](=O)[O-])cc1. The fourth-order valence-corrected chi connectivity index (χ4v) is 3.27. The number of nitro groups is 1. The molecule has 2 aromatic rings. The molecule has 0 aliphatic carbocycles. The molecule has 0 radical (unpaired) electrons. The zero-order valence-corrected chi connectivity index (χ0v) is 16.4. The second kappa shape index (κ2) is 9.29. The van der Waals surface area contributed by atoms with Crippen molar-refractivity contribution >= 4 is 33.0 Å². The van der Waals surface area contributed by atoms with E-state index in [0.29, 0.717) is 5.69 Å². The van der Waals surface area contributed by atoms with Crippen LogP contribution in [-0.2, 0) is 21.2 Å². The van der Waals surface area contributed by atoms with Crippen molar-refractivity contribution in [2.75, 3.05) is 24.2 Å². The summed E-state index contributed by atoms with van der Waals surface area (Å²) in [6.45, 7) is 1.87. The van der Waals surface area contributed by atoms with Gasteiger partial charge in [0.1, 0.15) is 5.69 Å². The Hall–Kier alpha value is -2.98. The van der Waals surface area contributed by atoms with E-state index in [-0.39, 0.29) is 23.0 Å². The average Bonchev–Trinajstić information content (AvgIpc) is 2.68. The van der Waals surface area contributed by atoms with Crippen LogP contribution in [-0.4, -0.2) is 32.8 Å². The van der Waals surface area contributed by atoms with Crippen LogP contribution in [0.15, 0.2) is 47.4 Å². The number of benzene rings is 2. The van der Waals surface area contributed by atoms with Crippen molar-refractivity contribution in [3.8, 4) is 0 Å². The number of aryl methyl sites for hydroxylation is 1. The molecule has 0 aromatic heterocycles. The van der Waals surface area contributed by atoms with E-state index in [1.807, 2.05) is 12.1 Å². The quantitative estimate of drug-likeness (QED) is 0.433. The fourth-order valence-electron chi connectivity index (χ4n) is 2.52. The van der Waals surface area contributed by atoms with Crippen molar-refractivity contribution in [2.24, 2.45) is 0 Å². The van der Waals surface area contributed by atoms with Crippen LogP contribution in [0.2, 0.25) is 0 Å². The molecule has 1 amide bonds. The molecule has 0 atom stereocenters. The van der Waals surface area contributed by atoms with Gasteiger partial charge < -0.3 is 10.6 Å². The number of rotatable bonds is 9. The third kappa shape index (κ3) is 5.51. The molecule has 2 aromatic carbocycles. The molecule has 2 rings (SSSR count). The van der Waals surface area contributed by atoms with Gasteiger partial charge in [-0.25, -0.2) is 13.1 Å². The highest BCUT2D eigenvalue weighted by Gasteiger charge is 2.20. The smallest absolute Gasteiger partial charge is 0.293 e. The molecule has 10 heteroatoms. The summed E-state index contributed by atoms with van der Waals surface area (Å²) < 4.78 is 25.7. The molecule has 0 bridgehead atoms. The van der Waals surface area contributed by atoms with Crippen LogP contribution < -0.4 is 15.4 Å². The van der Waals surface area contributed by atoms with E-state index < -0.39 is 20.6 Å². The molecular weight excluding hydrogens is 384 g/mol. The van der Waals surface area contributed by atoms with Gasteiger partial charge in [0.25, 0.3) is 5.69 Å². The number of nitrogens with one attached hydrogen (secondary N) is 3. The van der Waals surface area contributed by atoms with Gasteiger partial charge in [-0.1, -0.05) is 25.5 Å². The standard InChI is InChI=1S/C18H22N4O5S/c1-3-4-13-5-7-14(8-6-13)21-18(23)12-20-16-10-9-15(28(26,27)19-2)11-17(16)22(24)25/h5-11,19-20H,3-4,12H2,1-2H3,(H,21,23). The third-order valence-corrected chi connectivity index (χ3v) is 5.37. The lowest BCUT2D eigenvalue weighted by atomic mass is 10.1. The highest BCUT2D eigenvalue weighted by molar-refractivity contribution is 7.89. The minimum atomic E-state index is -3.81. The molecule has 0 heterocycles. The summed E-state index contributed by atoms with van der Waals surface area (Å²) in [6, 6.07) is 10.9. The van der Waals surface area contributed by atoms with E-state index in [9.17, 15) is 23.3 Å². The molecule has 0 spiro atoms. The van der Waals surface area contributed by atoms with E-state index >= 15 is 0 Å². The highest BCUT2D eigenvalue weighted by atomic mass is 32.2. The third-order valence-electron chi connectivity index (χ3n) is 3.96. The summed E-state index contributed by atoms with van der Waals surface area (Å²) in [4.78, 5) is 22.4. The largest absolute Gasteiger partial charge is 0.371 e. The van der Waals surface area contributed by atoms with Crippen molar-refractivity contribution in [2.45, 2.75) is 24.7 Å². The Morgan fingerprint density at radius 3 is 2.39 bits per heavy atom. The van der Waals surface area contributed by atoms with Gasteiger partial charge in [-0.05, 0) is 43.3 Å². The molecule has 0 aliphatic heterocycles. The number of anilines is 2. The second-order valence-corrected chi connectivity index (χ2v) is 7.88. The summed E-state index contributed by atoms with van der Waals surface area (Å²) >= 11 is 0. The number of nitrogens with zero attached hydrogens (tertiary/aromatic N) is 1. The number of amides is 1. The van der Waals surface area contributed by atoms with Crippen LogP contribution in [0.4, 0.5) is 17.1 Å². The molecule has 0 unspecified atom stereocenters. The average molecular weight is 406 g/mol. The highest BCUT2D eigenvalue weighted by Crippen LogP contribution is 2.27. The van der Waals surface area contributed by atoms with Crippen LogP contribution in [0, 0.1) is 10.1 Å². The lowest BCUT2D eigenvalue weighted by Crippen LogP contribution is -2.22. The van der Waals surface area contributed by atoms with Gasteiger partial charge in [0.05, 0.1) is 16.4 Å². The zero-order valence-electron chi connectivity index (χ0n) is 15.6. The number of hydrogen-bond acceptors (Lipinski definition) is 6. The lowest BCUT2D eigenvalue weighted by molar-refractivity contribution is -0.384. The van der Waals surface area contributed by atoms with Crippen molar-refractivity contribution < 1.29 is 18.1 Å². The van der Waals surface area contributed by atoms with Gasteiger partial charge in [-0.15, -0.1) is 0 Å². The maximum Gasteiger partial charge on any atom is 0.293 e. The van der Waals surface area contributed by atoms with Crippen LogP contribution in [0.1, 0.15) is 18.9 Å². The molecule has 0 saturated carbocycles. The number of carbonyl (C=O) groups is 1. The van der Waals surface area contributed by atoms with Crippen LogP contribution in [0.25, 0.3) is 0 Å². The predicted octanol–water partition coefficient (Wildman–Crippen LogP) is 2.51. The zero-order chi connectivity index (χ0) is 20.7. The summed E-state index contributed by atoms with van der Waals surface area (Å²) in [5.74, 6) is -0.385. The van der Waals surface area contributed by atoms with Crippen molar-refractivity contribution in [3.63, 3.8) is 0 Å². The van der Waals surface area contributed by atoms with E-state index in [1.54, 1.807) is 12.1 Å². The molecule has 150 valence electrons. The molecule has 28 heavy (non-hydrogen) atoms. The molecular formula is C18H22N4O5S.